The van der Waals surface area contributed by atoms with Gasteiger partial charge >= 0.3 is 5.69 Å². The van der Waals surface area contributed by atoms with Crippen molar-refractivity contribution in [3.63, 3.8) is 0 Å². The predicted molar refractivity (Wildman–Crippen MR) is 127 cm³/mol. The molecule has 1 aliphatic heterocycles. The van der Waals surface area contributed by atoms with Crippen molar-refractivity contribution in [2.45, 2.75) is 116 Å². The molecule has 0 unspecified atom stereocenters. The van der Waals surface area contributed by atoms with E-state index in [9.17, 15) is 15.0 Å². The van der Waals surface area contributed by atoms with Crippen molar-refractivity contribution in [2.24, 2.45) is 0 Å². The molecule has 3 atom stereocenters. The number of hydrogen-bond acceptors (Lipinski definition) is 5. The highest BCUT2D eigenvalue weighted by molar-refractivity contribution is 5.76. The predicted octanol–water partition coefficient (Wildman–Crippen LogP) is 4.32. The third kappa shape index (κ3) is 6.21. The van der Waals surface area contributed by atoms with Crippen LogP contribution in [0.3, 0.4) is 0 Å². The molecule has 0 saturated carbocycles. The molecule has 2 aromatic rings. The molecule has 3 rings (SSSR count). The summed E-state index contributed by atoms with van der Waals surface area (Å²) in [5.41, 5.74) is 1.61. The molecule has 0 spiro atoms. The average Bonchev–Trinajstić information content (AvgIpc) is 3.32. The Balaban J connectivity index is 1.71. The zero-order valence-electron chi connectivity index (χ0n) is 19.8. The summed E-state index contributed by atoms with van der Waals surface area (Å²) in [6.45, 7) is 5.02. The van der Waals surface area contributed by atoms with Crippen LogP contribution in [0.2, 0.25) is 0 Å². The molecule has 3 heterocycles. The SMILES string of the molecule is CCCCCCCCCCc1cc2cn([C@H]3C[C@H](O)[C@@H](CO)O3)c(=O)nc2n1CCCC. The molecular formula is C25H41N3O4. The fourth-order valence-corrected chi connectivity index (χ4v) is 4.66. The molecule has 2 aromatic heterocycles. The third-order valence-corrected chi connectivity index (χ3v) is 6.60. The van der Waals surface area contributed by atoms with Crippen LogP contribution in [0.4, 0.5) is 0 Å². The zero-order chi connectivity index (χ0) is 22.9. The molecule has 7 nitrogen and oxygen atoms in total. The number of aliphatic hydroxyl groups is 2. The Labute approximate surface area is 191 Å². The highest BCUT2D eigenvalue weighted by Gasteiger charge is 2.35. The van der Waals surface area contributed by atoms with Gasteiger partial charge in [0.05, 0.1) is 12.7 Å². The second-order valence-electron chi connectivity index (χ2n) is 9.19. The molecule has 0 aromatic carbocycles. The second-order valence-corrected chi connectivity index (χ2v) is 9.19. The van der Waals surface area contributed by atoms with Crippen molar-refractivity contribution >= 4 is 11.0 Å². The van der Waals surface area contributed by atoms with Gasteiger partial charge in [-0.05, 0) is 25.3 Å². The number of aryl methyl sites for hydroxylation is 2. The van der Waals surface area contributed by atoms with E-state index >= 15 is 0 Å². The summed E-state index contributed by atoms with van der Waals surface area (Å²) in [5, 5.41) is 20.3. The standard InChI is InChI=1S/C25H41N3O4/c1-3-5-7-8-9-10-11-12-13-20-15-19-17-28(23-16-21(30)22(18-29)32-23)25(31)26-24(19)27(20)14-6-4-2/h15,17,21-23,29-30H,3-14,16,18H2,1-2H3/t21-,22+,23+/m0/s1. The number of rotatable bonds is 14. The summed E-state index contributed by atoms with van der Waals surface area (Å²) >= 11 is 0. The number of unbranched alkanes of at least 4 members (excludes halogenated alkanes) is 8. The Morgan fingerprint density at radius 3 is 2.41 bits per heavy atom. The van der Waals surface area contributed by atoms with Crippen molar-refractivity contribution in [1.29, 1.82) is 0 Å². The Morgan fingerprint density at radius 1 is 1.06 bits per heavy atom. The minimum absolute atomic E-state index is 0.266. The Hall–Kier alpha value is -1.70. The van der Waals surface area contributed by atoms with Crippen LogP contribution in [0.5, 0.6) is 0 Å². The van der Waals surface area contributed by atoms with E-state index in [1.54, 1.807) is 0 Å². The maximum atomic E-state index is 12.8. The first-order chi connectivity index (χ1) is 15.6. The van der Waals surface area contributed by atoms with E-state index < -0.39 is 18.4 Å². The molecular weight excluding hydrogens is 406 g/mol. The lowest BCUT2D eigenvalue weighted by atomic mass is 10.1. The average molecular weight is 448 g/mol. The smallest absolute Gasteiger partial charge is 0.351 e. The van der Waals surface area contributed by atoms with Crippen molar-refractivity contribution < 1.29 is 14.9 Å². The van der Waals surface area contributed by atoms with Gasteiger partial charge in [-0.3, -0.25) is 4.57 Å². The topological polar surface area (TPSA) is 89.5 Å². The lowest BCUT2D eigenvalue weighted by Crippen LogP contribution is -2.27. The summed E-state index contributed by atoms with van der Waals surface area (Å²) < 4.78 is 9.36. The first kappa shape index (κ1) is 24.9. The lowest BCUT2D eigenvalue weighted by molar-refractivity contribution is -0.0457. The van der Waals surface area contributed by atoms with E-state index in [0.29, 0.717) is 0 Å². The van der Waals surface area contributed by atoms with Crippen molar-refractivity contribution in [3.05, 3.63) is 28.4 Å². The van der Waals surface area contributed by atoms with Gasteiger partial charge in [-0.1, -0.05) is 65.2 Å². The molecule has 2 N–H and O–H groups in total. The molecule has 0 aliphatic carbocycles. The van der Waals surface area contributed by atoms with Gasteiger partial charge in [0, 0.05) is 30.2 Å². The minimum Gasteiger partial charge on any atom is -0.394 e. The van der Waals surface area contributed by atoms with Crippen LogP contribution in [0.25, 0.3) is 11.0 Å². The van der Waals surface area contributed by atoms with E-state index in [1.165, 1.54) is 55.2 Å². The molecule has 1 saturated heterocycles. The summed E-state index contributed by atoms with van der Waals surface area (Å²) in [4.78, 5) is 17.2. The van der Waals surface area contributed by atoms with E-state index in [1.807, 2.05) is 6.20 Å². The quantitative estimate of drug-likeness (QED) is 0.421. The number of hydrogen-bond donors (Lipinski definition) is 2. The van der Waals surface area contributed by atoms with Gasteiger partial charge in [-0.2, -0.15) is 4.98 Å². The van der Waals surface area contributed by atoms with Crippen LogP contribution in [0, 0.1) is 0 Å². The van der Waals surface area contributed by atoms with Crippen LogP contribution in [0.15, 0.2) is 17.1 Å². The van der Waals surface area contributed by atoms with Gasteiger partial charge in [0.15, 0.2) is 0 Å². The van der Waals surface area contributed by atoms with Gasteiger partial charge in [0.25, 0.3) is 0 Å². The van der Waals surface area contributed by atoms with Gasteiger partial charge < -0.3 is 19.5 Å². The molecule has 0 bridgehead atoms. The molecule has 0 amide bonds. The second kappa shape index (κ2) is 12.5. The summed E-state index contributed by atoms with van der Waals surface area (Å²) in [7, 11) is 0. The maximum Gasteiger partial charge on any atom is 0.351 e. The third-order valence-electron chi connectivity index (χ3n) is 6.60. The molecule has 7 heteroatoms. The summed E-state index contributed by atoms with van der Waals surface area (Å²) in [5.74, 6) is 0. The highest BCUT2D eigenvalue weighted by atomic mass is 16.5. The van der Waals surface area contributed by atoms with Crippen LogP contribution < -0.4 is 5.69 Å². The first-order valence-electron chi connectivity index (χ1n) is 12.6. The fourth-order valence-electron chi connectivity index (χ4n) is 4.66. The van der Waals surface area contributed by atoms with Crippen LogP contribution in [0.1, 0.15) is 96.4 Å². The monoisotopic (exact) mass is 447 g/mol. The van der Waals surface area contributed by atoms with E-state index in [2.05, 4.69) is 29.5 Å². The largest absolute Gasteiger partial charge is 0.394 e. The zero-order valence-corrected chi connectivity index (χ0v) is 19.8. The normalized spacial score (nSPS) is 21.1. The fraction of sp³-hybridized carbons (Fsp3) is 0.760. The van der Waals surface area contributed by atoms with E-state index in [-0.39, 0.29) is 18.7 Å². The lowest BCUT2D eigenvalue weighted by Gasteiger charge is -2.14. The van der Waals surface area contributed by atoms with Crippen molar-refractivity contribution in [3.8, 4) is 0 Å². The number of nitrogens with zero attached hydrogens (tertiary/aromatic N) is 3. The van der Waals surface area contributed by atoms with Gasteiger partial charge in [0.1, 0.15) is 18.0 Å². The van der Waals surface area contributed by atoms with Gasteiger partial charge in [-0.25, -0.2) is 4.79 Å². The minimum atomic E-state index is -0.778. The summed E-state index contributed by atoms with van der Waals surface area (Å²) in [6.07, 6.45) is 13.5. The van der Waals surface area contributed by atoms with Gasteiger partial charge in [-0.15, -0.1) is 0 Å². The maximum absolute atomic E-state index is 12.8. The van der Waals surface area contributed by atoms with E-state index in [4.69, 9.17) is 4.74 Å². The molecule has 0 radical (unpaired) electrons. The number of aliphatic hydroxyl groups excluding tert-OH is 2. The van der Waals surface area contributed by atoms with Crippen molar-refractivity contribution in [2.75, 3.05) is 6.61 Å². The van der Waals surface area contributed by atoms with Crippen LogP contribution in [-0.2, 0) is 17.7 Å². The molecule has 180 valence electrons. The Kier molecular flexibility index (Phi) is 9.75. The molecule has 32 heavy (non-hydrogen) atoms. The summed E-state index contributed by atoms with van der Waals surface area (Å²) in [6, 6.07) is 2.16. The molecule has 1 fully saturated rings. The van der Waals surface area contributed by atoms with Crippen LogP contribution in [-0.4, -0.2) is 43.1 Å². The Bertz CT molecular complexity index is 891. The highest BCUT2D eigenvalue weighted by Crippen LogP contribution is 2.29. The van der Waals surface area contributed by atoms with E-state index in [0.717, 1.165) is 43.3 Å². The Morgan fingerprint density at radius 2 is 1.75 bits per heavy atom. The number of ether oxygens (including phenoxy) is 1. The first-order valence-corrected chi connectivity index (χ1v) is 12.6. The van der Waals surface area contributed by atoms with Crippen molar-refractivity contribution in [1.82, 2.24) is 14.1 Å². The van der Waals surface area contributed by atoms with Gasteiger partial charge in [0.2, 0.25) is 0 Å². The van der Waals surface area contributed by atoms with Crippen LogP contribution >= 0.6 is 0 Å². The number of fused-ring (bicyclic) bond motifs is 1. The number of aromatic nitrogens is 3. The molecule has 1 aliphatic rings.